The normalized spacial score (nSPS) is 40.0. The van der Waals surface area contributed by atoms with Gasteiger partial charge in [-0.15, -0.1) is 0 Å². The van der Waals surface area contributed by atoms with Crippen molar-refractivity contribution >= 4 is 5.78 Å². The molecule has 0 aliphatic heterocycles. The topological polar surface area (TPSA) is 17.1 Å². The average molecular weight is 441 g/mol. The van der Waals surface area contributed by atoms with Crippen LogP contribution in [0.4, 0.5) is 0 Å². The lowest BCUT2D eigenvalue weighted by atomic mass is 9.43. The number of rotatable bonds is 4. The van der Waals surface area contributed by atoms with Crippen LogP contribution in [0.3, 0.4) is 0 Å². The lowest BCUT2D eigenvalue weighted by molar-refractivity contribution is -0.139. The fraction of sp³-hybridized carbons (Fsp3) is 0.839. The molecule has 182 valence electrons. The first-order chi connectivity index (χ1) is 15.0. The van der Waals surface area contributed by atoms with Crippen molar-refractivity contribution in [3.8, 4) is 0 Å². The van der Waals surface area contributed by atoms with Crippen LogP contribution >= 0.6 is 0 Å². The summed E-state index contributed by atoms with van der Waals surface area (Å²) in [7, 11) is 0. The van der Waals surface area contributed by atoms with E-state index in [-0.39, 0.29) is 10.8 Å². The van der Waals surface area contributed by atoms with Gasteiger partial charge in [0, 0.05) is 11.8 Å². The fourth-order valence-corrected chi connectivity index (χ4v) is 8.83. The van der Waals surface area contributed by atoms with E-state index in [1.54, 1.807) is 0 Å². The largest absolute Gasteiger partial charge is 0.299 e. The van der Waals surface area contributed by atoms with Crippen molar-refractivity contribution in [1.29, 1.82) is 0 Å². The fourth-order valence-electron chi connectivity index (χ4n) is 8.83. The molecule has 4 rings (SSSR count). The summed E-state index contributed by atoms with van der Waals surface area (Å²) in [5.41, 5.74) is 6.11. The number of ketones is 1. The van der Waals surface area contributed by atoms with Gasteiger partial charge >= 0.3 is 0 Å². The Bertz CT molecular complexity index is 778. The number of carbonyl (C=O) groups excluding carboxylic acids is 1. The van der Waals surface area contributed by atoms with Crippen LogP contribution in [0, 0.1) is 33.5 Å². The Morgan fingerprint density at radius 1 is 0.906 bits per heavy atom. The molecule has 0 bridgehead atoms. The lowest BCUT2D eigenvalue weighted by Gasteiger charge is -2.60. The summed E-state index contributed by atoms with van der Waals surface area (Å²) in [6, 6.07) is 0. The molecule has 5 atom stereocenters. The number of Topliss-reactive ketones (excluding diaryl/α,β-unsaturated/α-hetero) is 1. The number of unbranched alkanes of at least 4 members (excludes halogenated alkanes) is 1. The van der Waals surface area contributed by atoms with Crippen molar-refractivity contribution in [2.45, 2.75) is 133 Å². The van der Waals surface area contributed by atoms with Gasteiger partial charge in [-0.2, -0.15) is 0 Å². The maximum Gasteiger partial charge on any atom is 0.138 e. The Balaban J connectivity index is 0.00000141. The molecule has 0 aromatic rings. The Morgan fingerprint density at radius 2 is 1.59 bits per heavy atom. The van der Waals surface area contributed by atoms with E-state index in [1.165, 1.54) is 63.4 Å². The highest BCUT2D eigenvalue weighted by Gasteiger charge is 2.62. The quantitative estimate of drug-likeness (QED) is 0.314. The molecule has 0 amide bonds. The van der Waals surface area contributed by atoms with Gasteiger partial charge in [-0.3, -0.25) is 4.79 Å². The molecule has 0 radical (unpaired) electrons. The minimum atomic E-state index is -0.143. The van der Waals surface area contributed by atoms with Gasteiger partial charge in [0.05, 0.1) is 0 Å². The molecule has 0 N–H and O–H groups in total. The average Bonchev–Trinajstić information content (AvgIpc) is 3.01. The smallest absolute Gasteiger partial charge is 0.138 e. The maximum atomic E-state index is 12.8. The molecular formula is C31H52O. The van der Waals surface area contributed by atoms with Crippen molar-refractivity contribution in [2.24, 2.45) is 33.5 Å². The second-order valence-corrected chi connectivity index (χ2v) is 12.8. The van der Waals surface area contributed by atoms with Crippen molar-refractivity contribution in [3.05, 3.63) is 22.8 Å². The Labute approximate surface area is 199 Å². The zero-order chi connectivity index (χ0) is 23.9. The van der Waals surface area contributed by atoms with Gasteiger partial charge < -0.3 is 0 Å². The molecule has 0 saturated heterocycles. The van der Waals surface area contributed by atoms with E-state index < -0.39 is 0 Å². The molecule has 0 spiro atoms. The molecule has 2 saturated carbocycles. The monoisotopic (exact) mass is 440 g/mol. The second kappa shape index (κ2) is 9.07. The van der Waals surface area contributed by atoms with Crippen LogP contribution in [-0.4, -0.2) is 5.78 Å². The first-order valence-electron chi connectivity index (χ1n) is 13.9. The lowest BCUT2D eigenvalue weighted by Crippen LogP contribution is -2.53. The molecular weight excluding hydrogens is 388 g/mol. The third-order valence-electron chi connectivity index (χ3n) is 11.0. The van der Waals surface area contributed by atoms with E-state index in [9.17, 15) is 4.79 Å². The molecule has 0 aromatic carbocycles. The van der Waals surface area contributed by atoms with E-state index in [0.717, 1.165) is 18.8 Å². The Kier molecular flexibility index (Phi) is 7.30. The summed E-state index contributed by atoms with van der Waals surface area (Å²) in [5, 5.41) is 0. The van der Waals surface area contributed by atoms with Gasteiger partial charge in [-0.1, -0.05) is 71.3 Å². The SMILES string of the molecule is CC.CC(C)=CCCCC1CC[C@@]2(C)C3=C(CC[C@]12C)[C@@]1(C)CCC(=O)C(C)(C)C1CC3. The van der Waals surface area contributed by atoms with Crippen LogP contribution in [0.1, 0.15) is 133 Å². The molecule has 2 fully saturated rings. The second-order valence-electron chi connectivity index (χ2n) is 12.8. The Morgan fingerprint density at radius 3 is 2.25 bits per heavy atom. The maximum absolute atomic E-state index is 12.8. The molecule has 4 aliphatic rings. The standard InChI is InChI=1S/C29H46O.C2H6/c1-20(2)10-8-9-11-21-14-18-29(7)23-12-13-24-26(3,4)25(30)16-17-27(24,5)22(23)15-19-28(21,29)6;1-2/h10,21,24H,8-9,11-19H2,1-7H3;1-2H3/t21?,24?,27-,28-,29+;/m1./s1. The highest BCUT2D eigenvalue weighted by molar-refractivity contribution is 5.85. The van der Waals surface area contributed by atoms with Gasteiger partial charge in [0.1, 0.15) is 5.78 Å². The summed E-state index contributed by atoms with van der Waals surface area (Å²) in [4.78, 5) is 12.8. The summed E-state index contributed by atoms with van der Waals surface area (Å²) < 4.78 is 0. The first kappa shape index (κ1) is 25.8. The number of carbonyl (C=O) groups is 1. The number of allylic oxidation sites excluding steroid dienone is 4. The van der Waals surface area contributed by atoms with Gasteiger partial charge in [-0.25, -0.2) is 0 Å². The summed E-state index contributed by atoms with van der Waals surface area (Å²) >= 11 is 0. The van der Waals surface area contributed by atoms with Crippen molar-refractivity contribution in [2.75, 3.05) is 0 Å². The molecule has 4 aliphatic carbocycles. The highest BCUT2D eigenvalue weighted by Crippen LogP contribution is 2.71. The van der Waals surface area contributed by atoms with Gasteiger partial charge in [0.2, 0.25) is 0 Å². The molecule has 32 heavy (non-hydrogen) atoms. The van der Waals surface area contributed by atoms with Crippen LogP contribution in [0.25, 0.3) is 0 Å². The molecule has 2 unspecified atom stereocenters. The van der Waals surface area contributed by atoms with Crippen molar-refractivity contribution in [3.63, 3.8) is 0 Å². The summed E-state index contributed by atoms with van der Waals surface area (Å²) in [5.74, 6) is 1.94. The van der Waals surface area contributed by atoms with E-state index in [4.69, 9.17) is 0 Å². The third kappa shape index (κ3) is 3.78. The minimum absolute atomic E-state index is 0.143. The van der Waals surface area contributed by atoms with Crippen LogP contribution in [0.15, 0.2) is 22.8 Å². The van der Waals surface area contributed by atoms with Crippen LogP contribution in [0.2, 0.25) is 0 Å². The number of fused-ring (bicyclic) bond motifs is 4. The predicted molar refractivity (Wildman–Crippen MR) is 139 cm³/mol. The molecule has 1 nitrogen and oxygen atoms in total. The number of hydrogen-bond acceptors (Lipinski definition) is 1. The van der Waals surface area contributed by atoms with E-state index in [2.05, 4.69) is 54.5 Å². The van der Waals surface area contributed by atoms with Gasteiger partial charge in [-0.05, 0) is 106 Å². The van der Waals surface area contributed by atoms with E-state index in [0.29, 0.717) is 22.5 Å². The zero-order valence-electron chi connectivity index (χ0n) is 22.9. The Hall–Kier alpha value is -0.850. The van der Waals surface area contributed by atoms with Crippen LogP contribution < -0.4 is 0 Å². The minimum Gasteiger partial charge on any atom is -0.299 e. The third-order valence-corrected chi connectivity index (χ3v) is 11.0. The van der Waals surface area contributed by atoms with E-state index in [1.807, 2.05) is 25.0 Å². The molecule has 0 heterocycles. The molecule has 0 aromatic heterocycles. The highest BCUT2D eigenvalue weighted by atomic mass is 16.1. The van der Waals surface area contributed by atoms with Crippen molar-refractivity contribution < 1.29 is 4.79 Å². The first-order valence-corrected chi connectivity index (χ1v) is 13.9. The van der Waals surface area contributed by atoms with Crippen LogP contribution in [-0.2, 0) is 4.79 Å². The summed E-state index contributed by atoms with van der Waals surface area (Å²) in [6.45, 7) is 20.8. The van der Waals surface area contributed by atoms with Crippen LogP contribution in [0.5, 0.6) is 0 Å². The summed E-state index contributed by atoms with van der Waals surface area (Å²) in [6.07, 6.45) is 16.3. The molecule has 1 heteroatoms. The zero-order valence-corrected chi connectivity index (χ0v) is 22.9. The van der Waals surface area contributed by atoms with Gasteiger partial charge in [0.15, 0.2) is 0 Å². The van der Waals surface area contributed by atoms with E-state index >= 15 is 0 Å². The number of hydrogen-bond donors (Lipinski definition) is 0. The van der Waals surface area contributed by atoms with Crippen molar-refractivity contribution in [1.82, 2.24) is 0 Å². The van der Waals surface area contributed by atoms with Gasteiger partial charge in [0.25, 0.3) is 0 Å². The predicted octanol–water partition coefficient (Wildman–Crippen LogP) is 9.47.